The minimum absolute atomic E-state index is 0.0339. The highest BCUT2D eigenvalue weighted by Crippen LogP contribution is 2.35. The molecule has 2 unspecified atom stereocenters. The molecule has 1 aliphatic rings. The summed E-state index contributed by atoms with van der Waals surface area (Å²) in [5.74, 6) is -1.11. The van der Waals surface area contributed by atoms with Gasteiger partial charge in [-0.2, -0.15) is 5.10 Å². The Bertz CT molecular complexity index is 1530. The summed E-state index contributed by atoms with van der Waals surface area (Å²) in [5.41, 5.74) is -0.133. The molecule has 1 N–H and O–H groups in total. The molecule has 0 amide bonds. The molecule has 2 atom stereocenters. The van der Waals surface area contributed by atoms with Gasteiger partial charge in [0.1, 0.15) is 3.70 Å². The normalized spacial score (nSPS) is 16.9. The van der Waals surface area contributed by atoms with Crippen molar-refractivity contribution in [3.63, 3.8) is 0 Å². The van der Waals surface area contributed by atoms with Crippen LogP contribution in [0.3, 0.4) is 0 Å². The van der Waals surface area contributed by atoms with E-state index < -0.39 is 43.0 Å². The second kappa shape index (κ2) is 12.6. The zero-order valence-electron chi connectivity index (χ0n) is 23.0. The molecule has 222 valence electrons. The summed E-state index contributed by atoms with van der Waals surface area (Å²) in [6, 6.07) is 10.3. The topological polar surface area (TPSA) is 154 Å². The standard InChI is InChI=1S/C27H33IN4O8S/c1-27(2,3)24(26(33)34)40-16-8-14-30(41(37,38)22-10-5-4-9-21(22)32(35)36)18-12-13-20-19(17-18)25(28)29-31(20)23-11-6-7-15-39-23/h4-5,9-10,12-13,17,23-24H,6-8,11,14-16H2,1-3H3,(H,33,34). The SMILES string of the molecule is CC(C)(C)C(OCCCN(c1ccc2c(c1)c(I)nn2C1CCCCO1)S(=O)(=O)c1ccccc1[N+](=O)[O-])C(=O)O. The number of ether oxygens (including phenoxy) is 2. The highest BCUT2D eigenvalue weighted by atomic mass is 127. The van der Waals surface area contributed by atoms with Gasteiger partial charge in [-0.1, -0.05) is 32.9 Å². The van der Waals surface area contributed by atoms with E-state index in [1.807, 2.05) is 4.68 Å². The van der Waals surface area contributed by atoms with Crippen molar-refractivity contribution < 1.29 is 32.7 Å². The third-order valence-corrected chi connectivity index (χ3v) is 9.46. The van der Waals surface area contributed by atoms with Crippen LogP contribution in [-0.2, 0) is 24.3 Å². The van der Waals surface area contributed by atoms with Gasteiger partial charge in [0.05, 0.1) is 16.1 Å². The lowest BCUT2D eigenvalue weighted by atomic mass is 9.89. The van der Waals surface area contributed by atoms with Crippen LogP contribution in [0.25, 0.3) is 10.9 Å². The van der Waals surface area contributed by atoms with E-state index in [2.05, 4.69) is 27.7 Å². The second-order valence-electron chi connectivity index (χ2n) is 10.9. The first-order chi connectivity index (χ1) is 19.3. The van der Waals surface area contributed by atoms with Crippen molar-refractivity contribution in [1.82, 2.24) is 9.78 Å². The summed E-state index contributed by atoms with van der Waals surface area (Å²) in [7, 11) is -4.40. The summed E-state index contributed by atoms with van der Waals surface area (Å²) < 4.78 is 43.1. The average molecular weight is 701 g/mol. The molecule has 2 heterocycles. The molecule has 4 rings (SSSR count). The minimum Gasteiger partial charge on any atom is -0.479 e. The van der Waals surface area contributed by atoms with Gasteiger partial charge in [-0.25, -0.2) is 17.9 Å². The Kier molecular flexibility index (Phi) is 9.56. The van der Waals surface area contributed by atoms with E-state index in [0.717, 1.165) is 40.5 Å². The Morgan fingerprint density at radius 2 is 2.02 bits per heavy atom. The number of sulfonamides is 1. The number of hydrogen-bond acceptors (Lipinski definition) is 8. The highest BCUT2D eigenvalue weighted by molar-refractivity contribution is 14.1. The number of halogens is 1. The fourth-order valence-electron chi connectivity index (χ4n) is 4.82. The van der Waals surface area contributed by atoms with Gasteiger partial charge in [0, 0.05) is 31.2 Å². The molecule has 0 aliphatic carbocycles. The number of nitro groups is 1. The summed E-state index contributed by atoms with van der Waals surface area (Å²) in [5, 5.41) is 26.7. The van der Waals surface area contributed by atoms with E-state index in [4.69, 9.17) is 9.47 Å². The molecule has 0 saturated carbocycles. The number of carbonyl (C=O) groups is 1. The Morgan fingerprint density at radius 1 is 1.29 bits per heavy atom. The molecule has 41 heavy (non-hydrogen) atoms. The lowest BCUT2D eigenvalue weighted by Gasteiger charge is -2.28. The first-order valence-electron chi connectivity index (χ1n) is 13.2. The number of aliphatic carboxylic acids is 1. The summed E-state index contributed by atoms with van der Waals surface area (Å²) >= 11 is 2.10. The summed E-state index contributed by atoms with van der Waals surface area (Å²) in [6.45, 7) is 5.73. The molecule has 0 radical (unpaired) electrons. The predicted molar refractivity (Wildman–Crippen MR) is 160 cm³/mol. The molecule has 0 bridgehead atoms. The Morgan fingerprint density at radius 3 is 2.66 bits per heavy atom. The third-order valence-electron chi connectivity index (χ3n) is 6.79. The molecule has 1 aromatic heterocycles. The Hall–Kier alpha value is -2.82. The van der Waals surface area contributed by atoms with E-state index in [0.29, 0.717) is 16.0 Å². The van der Waals surface area contributed by atoms with Crippen LogP contribution in [0.2, 0.25) is 0 Å². The number of rotatable bonds is 11. The molecule has 2 aromatic carbocycles. The highest BCUT2D eigenvalue weighted by Gasteiger charge is 2.34. The number of nitro benzene ring substituents is 1. The van der Waals surface area contributed by atoms with Crippen LogP contribution in [0.1, 0.15) is 52.7 Å². The summed E-state index contributed by atoms with van der Waals surface area (Å²) in [6.07, 6.45) is 1.66. The van der Waals surface area contributed by atoms with Gasteiger partial charge < -0.3 is 14.6 Å². The Labute approximate surface area is 251 Å². The van der Waals surface area contributed by atoms with Gasteiger partial charge in [-0.3, -0.25) is 14.4 Å². The number of carboxylic acid groups (broad SMARTS) is 1. The van der Waals surface area contributed by atoms with E-state index >= 15 is 0 Å². The van der Waals surface area contributed by atoms with Crippen LogP contribution in [0.4, 0.5) is 11.4 Å². The zero-order valence-corrected chi connectivity index (χ0v) is 26.0. The van der Waals surface area contributed by atoms with Crippen molar-refractivity contribution in [3.8, 4) is 0 Å². The van der Waals surface area contributed by atoms with Gasteiger partial charge >= 0.3 is 5.97 Å². The lowest BCUT2D eigenvalue weighted by Crippen LogP contribution is -2.38. The molecule has 0 spiro atoms. The van der Waals surface area contributed by atoms with E-state index in [-0.39, 0.29) is 25.8 Å². The summed E-state index contributed by atoms with van der Waals surface area (Å²) in [4.78, 5) is 22.3. The van der Waals surface area contributed by atoms with Crippen LogP contribution in [0, 0.1) is 19.2 Å². The fraction of sp³-hybridized carbons (Fsp3) is 0.481. The van der Waals surface area contributed by atoms with Crippen molar-refractivity contribution in [2.75, 3.05) is 24.1 Å². The Balaban J connectivity index is 1.71. The van der Waals surface area contributed by atoms with Crippen molar-refractivity contribution in [2.45, 2.75) is 63.7 Å². The maximum absolute atomic E-state index is 14.0. The molecule has 12 nitrogen and oxygen atoms in total. The number of nitrogens with zero attached hydrogens (tertiary/aromatic N) is 4. The monoisotopic (exact) mass is 700 g/mol. The first-order valence-corrected chi connectivity index (χ1v) is 15.7. The average Bonchev–Trinajstić information content (AvgIpc) is 3.25. The predicted octanol–water partition coefficient (Wildman–Crippen LogP) is 5.35. The van der Waals surface area contributed by atoms with E-state index in [1.54, 1.807) is 39.0 Å². The molecule has 1 saturated heterocycles. The first kappa shape index (κ1) is 31.1. The van der Waals surface area contributed by atoms with E-state index in [1.165, 1.54) is 18.2 Å². The van der Waals surface area contributed by atoms with Crippen molar-refractivity contribution >= 4 is 60.9 Å². The maximum Gasteiger partial charge on any atom is 0.333 e. The van der Waals surface area contributed by atoms with Crippen LogP contribution in [0.15, 0.2) is 47.4 Å². The molecular formula is C27H33IN4O8S. The van der Waals surface area contributed by atoms with Crippen molar-refractivity contribution in [1.29, 1.82) is 0 Å². The maximum atomic E-state index is 14.0. The smallest absolute Gasteiger partial charge is 0.333 e. The van der Waals surface area contributed by atoms with Crippen LogP contribution >= 0.6 is 22.6 Å². The quantitative estimate of drug-likeness (QED) is 0.121. The molecule has 1 aliphatic heterocycles. The number of aromatic nitrogens is 2. The van der Waals surface area contributed by atoms with Crippen molar-refractivity contribution in [3.05, 3.63) is 56.3 Å². The lowest BCUT2D eigenvalue weighted by molar-refractivity contribution is -0.387. The van der Waals surface area contributed by atoms with E-state index in [9.17, 15) is 28.4 Å². The minimum atomic E-state index is -4.40. The van der Waals surface area contributed by atoms with Gasteiger partial charge in [0.25, 0.3) is 15.7 Å². The third kappa shape index (κ3) is 6.81. The number of fused-ring (bicyclic) bond motifs is 1. The van der Waals surface area contributed by atoms with Gasteiger partial charge in [0.15, 0.2) is 17.2 Å². The molecule has 3 aromatic rings. The van der Waals surface area contributed by atoms with Crippen LogP contribution < -0.4 is 4.31 Å². The number of anilines is 1. The van der Waals surface area contributed by atoms with Gasteiger partial charge in [-0.15, -0.1) is 0 Å². The van der Waals surface area contributed by atoms with Crippen LogP contribution in [-0.4, -0.2) is 60.1 Å². The molecule has 1 fully saturated rings. The van der Waals surface area contributed by atoms with Gasteiger partial charge in [-0.05, 0) is 78.0 Å². The molecule has 14 heteroatoms. The second-order valence-corrected chi connectivity index (χ2v) is 13.7. The zero-order chi connectivity index (χ0) is 29.9. The van der Waals surface area contributed by atoms with Crippen molar-refractivity contribution in [2.24, 2.45) is 5.41 Å². The van der Waals surface area contributed by atoms with Gasteiger partial charge in [0.2, 0.25) is 0 Å². The molecular weight excluding hydrogens is 667 g/mol. The van der Waals surface area contributed by atoms with Crippen LogP contribution in [0.5, 0.6) is 0 Å². The fourth-order valence-corrected chi connectivity index (χ4v) is 7.14. The largest absolute Gasteiger partial charge is 0.479 e. The number of para-hydroxylation sites is 1. The number of carboxylic acids is 1. The number of benzene rings is 2. The number of hydrogen-bond donors (Lipinski definition) is 1.